The first-order chi connectivity index (χ1) is 12.3. The number of aromatic hydroxyl groups is 1. The van der Waals surface area contributed by atoms with Crippen molar-refractivity contribution in [2.45, 2.75) is 13.8 Å². The molecule has 0 aliphatic heterocycles. The smallest absolute Gasteiger partial charge is 0.275 e. The van der Waals surface area contributed by atoms with Crippen LogP contribution in [-0.4, -0.2) is 22.6 Å². The molecule has 2 aromatic rings. The van der Waals surface area contributed by atoms with Crippen molar-refractivity contribution in [3.63, 3.8) is 0 Å². The quantitative estimate of drug-likeness (QED) is 0.425. The molecule has 0 saturated carbocycles. The summed E-state index contributed by atoms with van der Waals surface area (Å²) in [5.74, 6) is -1.01. The lowest BCUT2D eigenvalue weighted by atomic mass is 10.1. The molecule has 7 heteroatoms. The summed E-state index contributed by atoms with van der Waals surface area (Å²) in [5, 5.41) is 16.8. The van der Waals surface area contributed by atoms with E-state index in [4.69, 9.17) is 11.6 Å². The second kappa shape index (κ2) is 8.31. The predicted octanol–water partition coefficient (Wildman–Crippen LogP) is 3.71. The molecule has 0 aliphatic rings. The minimum Gasteiger partial charge on any atom is -0.507 e. The Morgan fingerprint density at radius 3 is 2.38 bits per heavy atom. The fourth-order valence-electron chi connectivity index (χ4n) is 1.98. The fourth-order valence-corrected chi connectivity index (χ4v) is 2.15. The van der Waals surface area contributed by atoms with Crippen LogP contribution in [0.3, 0.4) is 0 Å². The lowest BCUT2D eigenvalue weighted by Gasteiger charge is -2.07. The van der Waals surface area contributed by atoms with Crippen molar-refractivity contribution in [3.05, 3.63) is 70.8 Å². The number of hydrogen-bond acceptors (Lipinski definition) is 4. The number of hydrazone groups is 1. The van der Waals surface area contributed by atoms with Crippen LogP contribution in [-0.2, 0) is 4.79 Å². The van der Waals surface area contributed by atoms with Crippen molar-refractivity contribution in [2.75, 3.05) is 5.32 Å². The molecular weight excluding hydrogens is 354 g/mol. The predicted molar refractivity (Wildman–Crippen MR) is 103 cm³/mol. The maximum absolute atomic E-state index is 12.1. The van der Waals surface area contributed by atoms with E-state index in [-0.39, 0.29) is 17.2 Å². The number of benzene rings is 2. The Bertz CT molecular complexity index is 889. The van der Waals surface area contributed by atoms with Crippen molar-refractivity contribution in [1.29, 1.82) is 0 Å². The van der Waals surface area contributed by atoms with Gasteiger partial charge in [-0.3, -0.25) is 9.59 Å². The van der Waals surface area contributed by atoms with Crippen LogP contribution in [0.1, 0.15) is 29.8 Å². The average Bonchev–Trinajstić information content (AvgIpc) is 2.61. The van der Waals surface area contributed by atoms with Gasteiger partial charge in [0, 0.05) is 16.3 Å². The molecule has 3 N–H and O–H groups in total. The standard InChI is InChI=1S/C19H18ClN3O3/c1-11(2)18(25)21-15-7-4-13(5-8-15)12(3)22-23-19(26)16-10-14(20)6-9-17(16)24/h4-10,24H,1H2,2-3H3,(H,21,25)(H,23,26). The molecule has 0 saturated heterocycles. The van der Waals surface area contributed by atoms with Crippen molar-refractivity contribution in [1.82, 2.24) is 5.43 Å². The van der Waals surface area contributed by atoms with Crippen LogP contribution >= 0.6 is 11.6 Å². The Kier molecular flexibility index (Phi) is 6.14. The third-order valence-corrected chi connectivity index (χ3v) is 3.71. The van der Waals surface area contributed by atoms with Gasteiger partial charge >= 0.3 is 0 Å². The number of anilines is 1. The number of nitrogens with one attached hydrogen (secondary N) is 2. The number of nitrogens with zero attached hydrogens (tertiary/aromatic N) is 1. The minimum atomic E-state index is -0.574. The molecule has 0 heterocycles. The van der Waals surface area contributed by atoms with Gasteiger partial charge in [0.25, 0.3) is 11.8 Å². The molecule has 134 valence electrons. The Morgan fingerprint density at radius 2 is 1.77 bits per heavy atom. The van der Waals surface area contributed by atoms with Crippen molar-refractivity contribution in [3.8, 4) is 5.75 Å². The van der Waals surface area contributed by atoms with E-state index in [2.05, 4.69) is 22.4 Å². The van der Waals surface area contributed by atoms with Crippen molar-refractivity contribution >= 4 is 34.8 Å². The van der Waals surface area contributed by atoms with Gasteiger partial charge in [-0.15, -0.1) is 0 Å². The summed E-state index contributed by atoms with van der Waals surface area (Å²) >= 11 is 5.83. The summed E-state index contributed by atoms with van der Waals surface area (Å²) < 4.78 is 0. The summed E-state index contributed by atoms with van der Waals surface area (Å²) in [6.07, 6.45) is 0. The first kappa shape index (κ1) is 19.2. The van der Waals surface area contributed by atoms with E-state index in [1.165, 1.54) is 18.2 Å². The first-order valence-corrected chi connectivity index (χ1v) is 8.06. The Balaban J connectivity index is 2.07. The van der Waals surface area contributed by atoms with Gasteiger partial charge in [-0.25, -0.2) is 5.43 Å². The van der Waals surface area contributed by atoms with Gasteiger partial charge in [-0.05, 0) is 49.7 Å². The van der Waals surface area contributed by atoms with Crippen LogP contribution in [0.2, 0.25) is 5.02 Å². The molecule has 26 heavy (non-hydrogen) atoms. The number of rotatable bonds is 5. The maximum Gasteiger partial charge on any atom is 0.275 e. The third-order valence-electron chi connectivity index (χ3n) is 3.48. The van der Waals surface area contributed by atoms with E-state index >= 15 is 0 Å². The lowest BCUT2D eigenvalue weighted by molar-refractivity contribution is -0.112. The van der Waals surface area contributed by atoms with Crippen LogP contribution in [0, 0.1) is 0 Å². The van der Waals surface area contributed by atoms with Crippen LogP contribution in [0.15, 0.2) is 59.7 Å². The molecule has 0 radical (unpaired) electrons. The molecule has 0 fully saturated rings. The second-order valence-electron chi connectivity index (χ2n) is 5.61. The highest BCUT2D eigenvalue weighted by molar-refractivity contribution is 6.31. The van der Waals surface area contributed by atoms with Gasteiger partial charge in [0.15, 0.2) is 0 Å². The highest BCUT2D eigenvalue weighted by atomic mass is 35.5. The van der Waals surface area contributed by atoms with Crippen LogP contribution in [0.5, 0.6) is 5.75 Å². The van der Waals surface area contributed by atoms with Crippen molar-refractivity contribution < 1.29 is 14.7 Å². The van der Waals surface area contributed by atoms with Crippen LogP contribution in [0.25, 0.3) is 0 Å². The lowest BCUT2D eigenvalue weighted by Crippen LogP contribution is -2.19. The monoisotopic (exact) mass is 371 g/mol. The van der Waals surface area contributed by atoms with Gasteiger partial charge in [-0.2, -0.15) is 5.10 Å². The number of carbonyl (C=O) groups excluding carboxylic acids is 2. The van der Waals surface area contributed by atoms with Crippen LogP contribution in [0.4, 0.5) is 5.69 Å². The molecule has 0 aromatic heterocycles. The van der Waals surface area contributed by atoms with Gasteiger partial charge in [0.2, 0.25) is 0 Å². The molecular formula is C19H18ClN3O3. The summed E-state index contributed by atoms with van der Waals surface area (Å²) in [6.45, 7) is 6.92. The average molecular weight is 372 g/mol. The molecule has 2 amide bonds. The zero-order valence-corrected chi connectivity index (χ0v) is 15.1. The second-order valence-corrected chi connectivity index (χ2v) is 6.05. The van der Waals surface area contributed by atoms with Gasteiger partial charge in [0.1, 0.15) is 5.75 Å². The van der Waals surface area contributed by atoms with E-state index in [1.807, 2.05) is 0 Å². The topological polar surface area (TPSA) is 90.8 Å². The maximum atomic E-state index is 12.1. The van der Waals surface area contributed by atoms with E-state index in [0.29, 0.717) is 22.0 Å². The van der Waals surface area contributed by atoms with E-state index in [1.54, 1.807) is 38.1 Å². The van der Waals surface area contributed by atoms with Crippen molar-refractivity contribution in [2.24, 2.45) is 5.10 Å². The molecule has 0 spiro atoms. The van der Waals surface area contributed by atoms with Gasteiger partial charge in [-0.1, -0.05) is 30.3 Å². The van der Waals surface area contributed by atoms with Gasteiger partial charge in [0.05, 0.1) is 11.3 Å². The van der Waals surface area contributed by atoms with E-state index in [9.17, 15) is 14.7 Å². The number of phenolic OH excluding ortho intramolecular Hbond substituents is 1. The number of amides is 2. The summed E-state index contributed by atoms with van der Waals surface area (Å²) in [6, 6.07) is 11.1. The summed E-state index contributed by atoms with van der Waals surface area (Å²) in [5.41, 5.74) is 4.76. The SMILES string of the molecule is C=C(C)C(=O)Nc1ccc(C(C)=NNC(=O)c2cc(Cl)ccc2O)cc1. The Hall–Kier alpha value is -3.12. The van der Waals surface area contributed by atoms with Gasteiger partial charge < -0.3 is 10.4 Å². The molecule has 0 bridgehead atoms. The van der Waals surface area contributed by atoms with E-state index < -0.39 is 5.91 Å². The largest absolute Gasteiger partial charge is 0.507 e. The molecule has 0 unspecified atom stereocenters. The minimum absolute atomic E-state index is 0.0342. The molecule has 0 aliphatic carbocycles. The molecule has 6 nitrogen and oxygen atoms in total. The van der Waals surface area contributed by atoms with E-state index in [0.717, 1.165) is 5.56 Å². The summed E-state index contributed by atoms with van der Waals surface area (Å²) in [4.78, 5) is 23.7. The molecule has 2 rings (SSSR count). The zero-order chi connectivity index (χ0) is 19.3. The zero-order valence-electron chi connectivity index (χ0n) is 14.3. The number of halogens is 1. The number of hydrogen-bond donors (Lipinski definition) is 3. The third kappa shape index (κ3) is 4.94. The summed E-state index contributed by atoms with van der Waals surface area (Å²) in [7, 11) is 0. The Morgan fingerprint density at radius 1 is 1.12 bits per heavy atom. The highest BCUT2D eigenvalue weighted by Crippen LogP contribution is 2.21. The normalized spacial score (nSPS) is 11.0. The molecule has 0 atom stereocenters. The number of carbonyl (C=O) groups is 2. The fraction of sp³-hybridized carbons (Fsp3) is 0.105. The first-order valence-electron chi connectivity index (χ1n) is 7.68. The molecule has 2 aromatic carbocycles. The van der Waals surface area contributed by atoms with Crippen LogP contribution < -0.4 is 10.7 Å². The highest BCUT2D eigenvalue weighted by Gasteiger charge is 2.11. The number of phenols is 1. The Labute approximate surface area is 156 Å².